The number of benzene rings is 2. The van der Waals surface area contributed by atoms with Crippen molar-refractivity contribution in [3.63, 3.8) is 0 Å². The molecule has 0 aliphatic carbocycles. The molecule has 0 unspecified atom stereocenters. The standard InChI is InChI=1S/C23H16N2O6/c1-13-5-7-16(8-6-13)25-21(27)18(20(26)24-23(25)30)12-17-9-10-19(31-17)14-3-2-4-15(11-14)22(28)29/h2-12H,1H3,(H,28,29)(H,24,26,30)/b18-12+. The summed E-state index contributed by atoms with van der Waals surface area (Å²) in [5.41, 5.74) is 1.65. The Bertz CT molecular complexity index is 1250. The van der Waals surface area contributed by atoms with E-state index in [1.54, 1.807) is 48.5 Å². The number of carboxylic acid groups (broad SMARTS) is 1. The number of rotatable bonds is 4. The molecule has 2 heterocycles. The van der Waals surface area contributed by atoms with Gasteiger partial charge in [0, 0.05) is 5.56 Å². The highest BCUT2D eigenvalue weighted by Gasteiger charge is 2.37. The minimum absolute atomic E-state index is 0.0999. The van der Waals surface area contributed by atoms with E-state index in [0.717, 1.165) is 10.5 Å². The Kier molecular flexibility index (Phi) is 4.96. The second kappa shape index (κ2) is 7.75. The molecule has 2 N–H and O–H groups in total. The predicted octanol–water partition coefficient (Wildman–Crippen LogP) is 3.62. The second-order valence-corrected chi connectivity index (χ2v) is 6.88. The summed E-state index contributed by atoms with van der Waals surface area (Å²) < 4.78 is 5.68. The van der Waals surface area contributed by atoms with Gasteiger partial charge in [0.2, 0.25) is 0 Å². The third-order valence-electron chi connectivity index (χ3n) is 4.70. The lowest BCUT2D eigenvalue weighted by Gasteiger charge is -2.26. The summed E-state index contributed by atoms with van der Waals surface area (Å²) in [7, 11) is 0. The van der Waals surface area contributed by atoms with Gasteiger partial charge in [0.1, 0.15) is 17.1 Å². The lowest BCUT2D eigenvalue weighted by atomic mass is 10.1. The van der Waals surface area contributed by atoms with E-state index in [4.69, 9.17) is 9.52 Å². The van der Waals surface area contributed by atoms with Crippen LogP contribution in [-0.4, -0.2) is 28.9 Å². The van der Waals surface area contributed by atoms with Crippen LogP contribution in [0.5, 0.6) is 0 Å². The fraction of sp³-hybridized carbons (Fsp3) is 0.0435. The van der Waals surface area contributed by atoms with Crippen LogP contribution in [0.3, 0.4) is 0 Å². The van der Waals surface area contributed by atoms with E-state index >= 15 is 0 Å². The molecule has 4 rings (SSSR count). The maximum atomic E-state index is 12.9. The highest BCUT2D eigenvalue weighted by Crippen LogP contribution is 2.26. The Morgan fingerprint density at radius 2 is 1.77 bits per heavy atom. The van der Waals surface area contributed by atoms with Crippen molar-refractivity contribution in [1.82, 2.24) is 5.32 Å². The molecule has 1 fully saturated rings. The second-order valence-electron chi connectivity index (χ2n) is 6.88. The highest BCUT2D eigenvalue weighted by molar-refractivity contribution is 6.39. The lowest BCUT2D eigenvalue weighted by Crippen LogP contribution is -2.54. The Hall–Kier alpha value is -4.46. The van der Waals surface area contributed by atoms with Crippen molar-refractivity contribution in [2.45, 2.75) is 6.92 Å². The normalized spacial score (nSPS) is 15.3. The Morgan fingerprint density at radius 3 is 2.48 bits per heavy atom. The average molecular weight is 416 g/mol. The van der Waals surface area contributed by atoms with Gasteiger partial charge in [-0.25, -0.2) is 14.5 Å². The fourth-order valence-corrected chi connectivity index (χ4v) is 3.12. The SMILES string of the molecule is Cc1ccc(N2C(=O)NC(=O)/C(=C\c3ccc(-c4cccc(C(=O)O)c4)o3)C2=O)cc1. The highest BCUT2D eigenvalue weighted by atomic mass is 16.4. The van der Waals surface area contributed by atoms with Gasteiger partial charge in [-0.3, -0.25) is 14.9 Å². The molecule has 3 aromatic rings. The van der Waals surface area contributed by atoms with Crippen LogP contribution in [-0.2, 0) is 9.59 Å². The molecule has 1 aromatic heterocycles. The number of carbonyl (C=O) groups is 4. The fourth-order valence-electron chi connectivity index (χ4n) is 3.12. The Morgan fingerprint density at radius 1 is 1.03 bits per heavy atom. The zero-order valence-corrected chi connectivity index (χ0v) is 16.3. The van der Waals surface area contributed by atoms with Crippen molar-refractivity contribution in [3.05, 3.63) is 83.1 Å². The summed E-state index contributed by atoms with van der Waals surface area (Å²) in [4.78, 5) is 49.5. The number of hydrogen-bond acceptors (Lipinski definition) is 5. The largest absolute Gasteiger partial charge is 0.478 e. The summed E-state index contributed by atoms with van der Waals surface area (Å²) in [6.45, 7) is 1.87. The zero-order chi connectivity index (χ0) is 22.1. The van der Waals surface area contributed by atoms with E-state index in [1.807, 2.05) is 6.92 Å². The molecule has 1 aliphatic heterocycles. The van der Waals surface area contributed by atoms with Crippen LogP contribution in [0.15, 0.2) is 70.7 Å². The molecule has 1 saturated heterocycles. The zero-order valence-electron chi connectivity index (χ0n) is 16.3. The van der Waals surface area contributed by atoms with Gasteiger partial charge in [0.25, 0.3) is 11.8 Å². The number of barbiturate groups is 1. The van der Waals surface area contributed by atoms with Crippen LogP contribution in [0.25, 0.3) is 17.4 Å². The molecular formula is C23H16N2O6. The van der Waals surface area contributed by atoms with Crippen molar-refractivity contribution < 1.29 is 28.7 Å². The van der Waals surface area contributed by atoms with Crippen molar-refractivity contribution in [3.8, 4) is 11.3 Å². The molecule has 8 nitrogen and oxygen atoms in total. The van der Waals surface area contributed by atoms with Gasteiger partial charge in [-0.05, 0) is 49.4 Å². The van der Waals surface area contributed by atoms with Crippen molar-refractivity contribution in [1.29, 1.82) is 0 Å². The van der Waals surface area contributed by atoms with E-state index in [-0.39, 0.29) is 16.9 Å². The number of furan rings is 1. The number of imide groups is 2. The van der Waals surface area contributed by atoms with Crippen LogP contribution in [0, 0.1) is 6.92 Å². The van der Waals surface area contributed by atoms with E-state index in [1.165, 1.54) is 18.2 Å². The summed E-state index contributed by atoms with van der Waals surface area (Å²) in [6.07, 6.45) is 1.25. The number of aromatic carboxylic acids is 1. The van der Waals surface area contributed by atoms with Crippen molar-refractivity contribution in [2.75, 3.05) is 4.90 Å². The monoisotopic (exact) mass is 416 g/mol. The number of aryl methyl sites for hydroxylation is 1. The molecule has 0 atom stereocenters. The third kappa shape index (κ3) is 3.86. The number of urea groups is 1. The van der Waals surface area contributed by atoms with Crippen LogP contribution < -0.4 is 10.2 Å². The number of hydrogen-bond donors (Lipinski definition) is 2. The molecule has 0 saturated carbocycles. The summed E-state index contributed by atoms with van der Waals surface area (Å²) >= 11 is 0. The first-order chi connectivity index (χ1) is 14.8. The van der Waals surface area contributed by atoms with Crippen LogP contribution >= 0.6 is 0 Å². The van der Waals surface area contributed by atoms with Gasteiger partial charge >= 0.3 is 12.0 Å². The minimum atomic E-state index is -1.07. The summed E-state index contributed by atoms with van der Waals surface area (Å²) in [5, 5.41) is 11.3. The molecule has 0 bridgehead atoms. The maximum absolute atomic E-state index is 12.9. The molecule has 31 heavy (non-hydrogen) atoms. The van der Waals surface area contributed by atoms with E-state index < -0.39 is 23.8 Å². The smallest absolute Gasteiger partial charge is 0.335 e. The van der Waals surface area contributed by atoms with Crippen molar-refractivity contribution >= 4 is 35.6 Å². The van der Waals surface area contributed by atoms with Crippen LogP contribution in [0.1, 0.15) is 21.7 Å². The molecule has 8 heteroatoms. The van der Waals surface area contributed by atoms with E-state index in [0.29, 0.717) is 17.0 Å². The molecule has 4 amide bonds. The first kappa shape index (κ1) is 19.8. The Balaban J connectivity index is 1.66. The van der Waals surface area contributed by atoms with Crippen LogP contribution in [0.4, 0.5) is 10.5 Å². The maximum Gasteiger partial charge on any atom is 0.335 e. The topological polar surface area (TPSA) is 117 Å². The number of nitrogens with one attached hydrogen (secondary N) is 1. The van der Waals surface area contributed by atoms with Gasteiger partial charge in [0.15, 0.2) is 0 Å². The van der Waals surface area contributed by atoms with Gasteiger partial charge in [-0.1, -0.05) is 29.8 Å². The molecule has 0 radical (unpaired) electrons. The number of carboxylic acids is 1. The van der Waals surface area contributed by atoms with Gasteiger partial charge in [0.05, 0.1) is 11.3 Å². The lowest BCUT2D eigenvalue weighted by molar-refractivity contribution is -0.122. The van der Waals surface area contributed by atoms with Crippen molar-refractivity contribution in [2.24, 2.45) is 0 Å². The summed E-state index contributed by atoms with van der Waals surface area (Å²) in [5.74, 6) is -2.11. The Labute approximate surface area is 176 Å². The molecule has 1 aliphatic rings. The first-order valence-corrected chi connectivity index (χ1v) is 9.25. The number of nitrogens with zero attached hydrogens (tertiary/aromatic N) is 1. The number of anilines is 1. The number of amides is 4. The third-order valence-corrected chi connectivity index (χ3v) is 4.70. The molecular weight excluding hydrogens is 400 g/mol. The number of carbonyl (C=O) groups excluding carboxylic acids is 3. The molecule has 2 aromatic carbocycles. The summed E-state index contributed by atoms with van der Waals surface area (Å²) in [6, 6.07) is 15.2. The average Bonchev–Trinajstić information content (AvgIpc) is 3.21. The predicted molar refractivity (Wildman–Crippen MR) is 111 cm³/mol. The molecule has 154 valence electrons. The quantitative estimate of drug-likeness (QED) is 0.496. The van der Waals surface area contributed by atoms with E-state index in [2.05, 4.69) is 5.32 Å². The van der Waals surface area contributed by atoms with Gasteiger partial charge < -0.3 is 9.52 Å². The van der Waals surface area contributed by atoms with Gasteiger partial charge in [-0.15, -0.1) is 0 Å². The van der Waals surface area contributed by atoms with Crippen LogP contribution in [0.2, 0.25) is 0 Å². The minimum Gasteiger partial charge on any atom is -0.478 e. The molecule has 0 spiro atoms. The first-order valence-electron chi connectivity index (χ1n) is 9.25. The van der Waals surface area contributed by atoms with E-state index in [9.17, 15) is 19.2 Å². The van der Waals surface area contributed by atoms with Gasteiger partial charge in [-0.2, -0.15) is 0 Å².